The van der Waals surface area contributed by atoms with Crippen LogP contribution in [0.15, 0.2) is 86.6 Å². The summed E-state index contributed by atoms with van der Waals surface area (Å²) < 4.78 is 11.3. The van der Waals surface area contributed by atoms with E-state index in [0.717, 1.165) is 27.6 Å². The standard InChI is InChI=1S/C30H25NO6/c1-17-8-10-20(11-9-17)24-16-36-26-15-27-21(13-23(24)26)18(2)22(30(35)37-27)14-28(32)31-25(29(33)34)12-19-6-4-3-5-7-19/h3-11,13,15-16,25H,12,14H2,1-2H3,(H,31,32)(H,33,34). The maximum atomic E-state index is 12.8. The highest BCUT2D eigenvalue weighted by Gasteiger charge is 2.23. The minimum absolute atomic E-state index is 0.132. The molecule has 0 fully saturated rings. The molecule has 2 heterocycles. The van der Waals surface area contributed by atoms with E-state index in [2.05, 4.69) is 5.32 Å². The van der Waals surface area contributed by atoms with Crippen molar-refractivity contribution in [1.29, 1.82) is 0 Å². The number of carboxylic acids is 1. The van der Waals surface area contributed by atoms with E-state index in [4.69, 9.17) is 8.83 Å². The van der Waals surface area contributed by atoms with E-state index in [1.165, 1.54) is 0 Å². The van der Waals surface area contributed by atoms with Crippen molar-refractivity contribution >= 4 is 33.8 Å². The molecule has 0 radical (unpaired) electrons. The highest BCUT2D eigenvalue weighted by atomic mass is 16.4. The Balaban J connectivity index is 1.46. The molecule has 0 aliphatic carbocycles. The Morgan fingerprint density at radius 3 is 2.38 bits per heavy atom. The average molecular weight is 496 g/mol. The third-order valence-electron chi connectivity index (χ3n) is 6.60. The van der Waals surface area contributed by atoms with Crippen LogP contribution < -0.4 is 10.9 Å². The summed E-state index contributed by atoms with van der Waals surface area (Å²) in [6, 6.07) is 19.6. The molecule has 1 unspecified atom stereocenters. The molecule has 0 saturated carbocycles. The van der Waals surface area contributed by atoms with Crippen LogP contribution in [-0.4, -0.2) is 23.0 Å². The number of amides is 1. The number of nitrogens with one attached hydrogen (secondary N) is 1. The first kappa shape index (κ1) is 24.1. The molecule has 2 aromatic heterocycles. The number of furan rings is 1. The fourth-order valence-electron chi connectivity index (χ4n) is 4.53. The van der Waals surface area contributed by atoms with E-state index in [0.29, 0.717) is 22.1 Å². The Bertz CT molecular complexity index is 1680. The first-order valence-electron chi connectivity index (χ1n) is 11.9. The second-order valence-corrected chi connectivity index (χ2v) is 9.18. The number of carbonyl (C=O) groups is 2. The molecule has 2 N–H and O–H groups in total. The van der Waals surface area contributed by atoms with Crippen molar-refractivity contribution in [2.45, 2.75) is 32.7 Å². The molecule has 5 aromatic rings. The topological polar surface area (TPSA) is 110 Å². The van der Waals surface area contributed by atoms with E-state index >= 15 is 0 Å². The summed E-state index contributed by atoms with van der Waals surface area (Å²) >= 11 is 0. The fourth-order valence-corrected chi connectivity index (χ4v) is 4.53. The van der Waals surface area contributed by atoms with Gasteiger partial charge in [0, 0.05) is 28.8 Å². The van der Waals surface area contributed by atoms with Gasteiger partial charge in [-0.15, -0.1) is 0 Å². The number of hydrogen-bond donors (Lipinski definition) is 2. The molecule has 5 rings (SSSR count). The van der Waals surface area contributed by atoms with Crippen molar-refractivity contribution in [3.05, 3.63) is 106 Å². The zero-order valence-corrected chi connectivity index (χ0v) is 20.4. The minimum Gasteiger partial charge on any atom is -0.480 e. The molecule has 1 atom stereocenters. The predicted molar refractivity (Wildman–Crippen MR) is 141 cm³/mol. The molecule has 0 saturated heterocycles. The van der Waals surface area contributed by atoms with Gasteiger partial charge in [-0.2, -0.15) is 0 Å². The van der Waals surface area contributed by atoms with Crippen molar-refractivity contribution in [3.8, 4) is 11.1 Å². The van der Waals surface area contributed by atoms with Gasteiger partial charge in [-0.05, 0) is 36.6 Å². The van der Waals surface area contributed by atoms with Gasteiger partial charge in [-0.3, -0.25) is 4.79 Å². The van der Waals surface area contributed by atoms with Crippen LogP contribution in [0.3, 0.4) is 0 Å². The molecule has 0 spiro atoms. The number of benzene rings is 3. The van der Waals surface area contributed by atoms with Crippen LogP contribution in [0.2, 0.25) is 0 Å². The summed E-state index contributed by atoms with van der Waals surface area (Å²) in [5.41, 5.74) is 4.94. The van der Waals surface area contributed by atoms with Crippen molar-refractivity contribution < 1.29 is 23.5 Å². The third kappa shape index (κ3) is 4.89. The van der Waals surface area contributed by atoms with Crippen molar-refractivity contribution in [3.63, 3.8) is 0 Å². The largest absolute Gasteiger partial charge is 0.480 e. The normalized spacial score (nSPS) is 12.1. The van der Waals surface area contributed by atoms with E-state index in [-0.39, 0.29) is 18.4 Å². The van der Waals surface area contributed by atoms with Gasteiger partial charge in [0.15, 0.2) is 0 Å². The number of hydrogen-bond acceptors (Lipinski definition) is 5. The van der Waals surface area contributed by atoms with Crippen LogP contribution in [0.1, 0.15) is 22.3 Å². The fraction of sp³-hybridized carbons (Fsp3) is 0.167. The van der Waals surface area contributed by atoms with E-state index in [1.807, 2.05) is 43.3 Å². The number of carbonyl (C=O) groups excluding carboxylic acids is 1. The molecule has 37 heavy (non-hydrogen) atoms. The minimum atomic E-state index is -1.15. The lowest BCUT2D eigenvalue weighted by Gasteiger charge is -2.15. The molecule has 186 valence electrons. The number of carboxylic acid groups (broad SMARTS) is 1. The molecule has 0 aliphatic heterocycles. The molecule has 1 amide bonds. The molecule has 0 aliphatic rings. The van der Waals surface area contributed by atoms with E-state index < -0.39 is 23.5 Å². The quantitative estimate of drug-likeness (QED) is 0.301. The number of aryl methyl sites for hydroxylation is 2. The zero-order valence-electron chi connectivity index (χ0n) is 20.4. The van der Waals surface area contributed by atoms with Gasteiger partial charge < -0.3 is 19.3 Å². The second kappa shape index (κ2) is 9.78. The van der Waals surface area contributed by atoms with Crippen LogP contribution in [0.4, 0.5) is 0 Å². The Morgan fingerprint density at radius 2 is 1.68 bits per heavy atom. The van der Waals surface area contributed by atoms with Gasteiger partial charge in [0.25, 0.3) is 0 Å². The van der Waals surface area contributed by atoms with Crippen molar-refractivity contribution in [2.24, 2.45) is 0 Å². The molecule has 7 nitrogen and oxygen atoms in total. The van der Waals surface area contributed by atoms with Crippen LogP contribution >= 0.6 is 0 Å². The Kier molecular flexibility index (Phi) is 6.36. The molecular formula is C30H25NO6. The SMILES string of the molecule is Cc1ccc(-c2coc3cc4oc(=O)c(CC(=O)NC(Cc5ccccc5)C(=O)O)c(C)c4cc23)cc1. The smallest absolute Gasteiger partial charge is 0.340 e. The second-order valence-electron chi connectivity index (χ2n) is 9.18. The van der Waals surface area contributed by atoms with Crippen LogP contribution in [0, 0.1) is 13.8 Å². The summed E-state index contributed by atoms with van der Waals surface area (Å²) in [4.78, 5) is 37.4. The Labute approximate surface area is 212 Å². The van der Waals surface area contributed by atoms with Gasteiger partial charge >= 0.3 is 11.6 Å². The summed E-state index contributed by atoms with van der Waals surface area (Å²) in [5, 5.41) is 13.7. The highest BCUT2D eigenvalue weighted by Crippen LogP contribution is 2.34. The lowest BCUT2D eigenvalue weighted by molar-refractivity contribution is -0.141. The van der Waals surface area contributed by atoms with Crippen molar-refractivity contribution in [1.82, 2.24) is 5.32 Å². The first-order chi connectivity index (χ1) is 17.8. The summed E-state index contributed by atoms with van der Waals surface area (Å²) in [6.07, 6.45) is 1.51. The monoisotopic (exact) mass is 495 g/mol. The van der Waals surface area contributed by atoms with Gasteiger partial charge in [0.2, 0.25) is 5.91 Å². The predicted octanol–water partition coefficient (Wildman–Crippen LogP) is 5.18. The maximum absolute atomic E-state index is 12.8. The number of rotatable bonds is 7. The Morgan fingerprint density at radius 1 is 0.946 bits per heavy atom. The van der Waals surface area contributed by atoms with Crippen LogP contribution in [0.5, 0.6) is 0 Å². The lowest BCUT2D eigenvalue weighted by Crippen LogP contribution is -2.43. The van der Waals surface area contributed by atoms with Gasteiger partial charge in [-0.1, -0.05) is 60.2 Å². The van der Waals surface area contributed by atoms with E-state index in [1.54, 1.807) is 43.5 Å². The molecule has 3 aromatic carbocycles. The lowest BCUT2D eigenvalue weighted by atomic mass is 9.99. The average Bonchev–Trinajstić information content (AvgIpc) is 3.29. The molecule has 7 heteroatoms. The number of fused-ring (bicyclic) bond motifs is 2. The van der Waals surface area contributed by atoms with Crippen molar-refractivity contribution in [2.75, 3.05) is 0 Å². The summed E-state index contributed by atoms with van der Waals surface area (Å²) in [5.74, 6) is -1.71. The maximum Gasteiger partial charge on any atom is 0.340 e. The van der Waals surface area contributed by atoms with Gasteiger partial charge in [0.05, 0.1) is 18.2 Å². The molecule has 0 bridgehead atoms. The van der Waals surface area contributed by atoms with Crippen LogP contribution in [0.25, 0.3) is 33.1 Å². The zero-order chi connectivity index (χ0) is 26.1. The van der Waals surface area contributed by atoms with E-state index in [9.17, 15) is 19.5 Å². The highest BCUT2D eigenvalue weighted by molar-refractivity contribution is 6.02. The third-order valence-corrected chi connectivity index (χ3v) is 6.60. The Hall–Kier alpha value is -4.65. The van der Waals surface area contributed by atoms with Gasteiger partial charge in [0.1, 0.15) is 17.2 Å². The summed E-state index contributed by atoms with van der Waals surface area (Å²) in [6.45, 7) is 3.78. The first-order valence-corrected chi connectivity index (χ1v) is 11.9. The van der Waals surface area contributed by atoms with Gasteiger partial charge in [-0.25, -0.2) is 9.59 Å². The molecular weight excluding hydrogens is 470 g/mol. The summed E-state index contributed by atoms with van der Waals surface area (Å²) in [7, 11) is 0. The van der Waals surface area contributed by atoms with Crippen LogP contribution in [-0.2, 0) is 22.4 Å². The number of aliphatic carboxylic acids is 1.